The summed E-state index contributed by atoms with van der Waals surface area (Å²) >= 11 is 0. The first-order valence-corrected chi connectivity index (χ1v) is 14.4. The normalized spacial score (nSPS) is 25.8. The average molecular weight is 517 g/mol. The van der Waals surface area contributed by atoms with E-state index in [1.165, 1.54) is 5.56 Å². The fraction of sp³-hybridized carbons (Fsp3) is 0.529. The molecule has 4 heteroatoms. The molecule has 0 spiro atoms. The molecule has 4 nitrogen and oxygen atoms in total. The number of carbonyl (C=O) groups excluding carboxylic acids is 2. The van der Waals surface area contributed by atoms with Gasteiger partial charge in [-0.25, -0.2) is 0 Å². The molecule has 2 fully saturated rings. The number of allylic oxidation sites excluding steroid dienone is 1. The Bertz CT molecular complexity index is 1070. The average Bonchev–Trinajstić information content (AvgIpc) is 3.32. The minimum Gasteiger partial charge on any atom is -0.462 e. The van der Waals surface area contributed by atoms with Crippen molar-refractivity contribution < 1.29 is 19.1 Å². The van der Waals surface area contributed by atoms with Crippen molar-refractivity contribution in [1.29, 1.82) is 0 Å². The van der Waals surface area contributed by atoms with Crippen LogP contribution in [0.5, 0.6) is 0 Å². The van der Waals surface area contributed by atoms with Crippen molar-refractivity contribution in [3.8, 4) is 0 Å². The lowest BCUT2D eigenvalue weighted by Crippen LogP contribution is -2.41. The highest BCUT2D eigenvalue weighted by atomic mass is 16.5. The van der Waals surface area contributed by atoms with Gasteiger partial charge in [-0.1, -0.05) is 93.6 Å². The second-order valence-corrected chi connectivity index (χ2v) is 11.9. The molecule has 2 aromatic rings. The molecular formula is C34H44O4. The molecule has 0 saturated heterocycles. The third-order valence-electron chi connectivity index (χ3n) is 9.06. The van der Waals surface area contributed by atoms with Crippen molar-refractivity contribution in [2.45, 2.75) is 83.8 Å². The van der Waals surface area contributed by atoms with Crippen LogP contribution in [-0.2, 0) is 31.1 Å². The van der Waals surface area contributed by atoms with Gasteiger partial charge in [-0.2, -0.15) is 0 Å². The van der Waals surface area contributed by atoms with E-state index in [2.05, 4.69) is 63.7 Å². The third-order valence-corrected chi connectivity index (χ3v) is 9.06. The minimum atomic E-state index is -0.706. The molecule has 204 valence electrons. The van der Waals surface area contributed by atoms with Gasteiger partial charge in [-0.3, -0.25) is 9.59 Å². The zero-order valence-electron chi connectivity index (χ0n) is 23.4. The molecule has 5 atom stereocenters. The van der Waals surface area contributed by atoms with E-state index in [4.69, 9.17) is 9.47 Å². The predicted octanol–water partition coefficient (Wildman–Crippen LogP) is 7.46. The van der Waals surface area contributed by atoms with E-state index in [9.17, 15) is 9.59 Å². The topological polar surface area (TPSA) is 52.6 Å². The maximum absolute atomic E-state index is 13.4. The van der Waals surface area contributed by atoms with E-state index >= 15 is 0 Å². The smallest absolute Gasteiger partial charge is 0.317 e. The van der Waals surface area contributed by atoms with Gasteiger partial charge in [0.2, 0.25) is 0 Å². The Balaban J connectivity index is 1.31. The van der Waals surface area contributed by atoms with Crippen LogP contribution in [0.3, 0.4) is 0 Å². The summed E-state index contributed by atoms with van der Waals surface area (Å²) in [5, 5.41) is 0. The first kappa shape index (κ1) is 28.3. The summed E-state index contributed by atoms with van der Waals surface area (Å²) < 4.78 is 12.0. The molecule has 0 aromatic heterocycles. The van der Waals surface area contributed by atoms with Gasteiger partial charge in [0.05, 0.1) is 6.61 Å². The largest absolute Gasteiger partial charge is 0.462 e. The van der Waals surface area contributed by atoms with Crippen LogP contribution in [0.4, 0.5) is 0 Å². The van der Waals surface area contributed by atoms with Gasteiger partial charge in [0, 0.05) is 18.9 Å². The van der Waals surface area contributed by atoms with Gasteiger partial charge < -0.3 is 9.47 Å². The fourth-order valence-corrected chi connectivity index (χ4v) is 6.36. The van der Waals surface area contributed by atoms with Crippen molar-refractivity contribution in [1.82, 2.24) is 0 Å². The maximum atomic E-state index is 13.4. The second kappa shape index (κ2) is 12.9. The molecule has 2 saturated carbocycles. The number of esters is 1. The molecule has 2 aliphatic rings. The number of rotatable bonds is 11. The molecule has 0 heterocycles. The Morgan fingerprint density at radius 3 is 2.39 bits per heavy atom. The molecular weight excluding hydrogens is 472 g/mol. The third kappa shape index (κ3) is 6.83. The minimum absolute atomic E-state index is 0.00532. The Labute approximate surface area is 228 Å². The Kier molecular flexibility index (Phi) is 9.59. The number of benzene rings is 2. The summed E-state index contributed by atoms with van der Waals surface area (Å²) in [7, 11) is 0. The van der Waals surface area contributed by atoms with Crippen molar-refractivity contribution in [2.24, 2.45) is 23.7 Å². The monoisotopic (exact) mass is 516 g/mol. The number of ketones is 1. The number of ether oxygens (including phenoxy) is 2. The first-order chi connectivity index (χ1) is 18.3. The zero-order valence-corrected chi connectivity index (χ0v) is 23.4. The van der Waals surface area contributed by atoms with Crippen LogP contribution in [0, 0.1) is 23.7 Å². The van der Waals surface area contributed by atoms with Gasteiger partial charge in [-0.15, -0.1) is 0 Å². The summed E-state index contributed by atoms with van der Waals surface area (Å²) in [6.45, 7) is 12.3. The van der Waals surface area contributed by atoms with Crippen LogP contribution in [-0.4, -0.2) is 24.5 Å². The van der Waals surface area contributed by atoms with Crippen molar-refractivity contribution >= 4 is 11.8 Å². The van der Waals surface area contributed by atoms with Crippen LogP contribution in [0.25, 0.3) is 0 Å². The highest BCUT2D eigenvalue weighted by Gasteiger charge is 2.45. The maximum Gasteiger partial charge on any atom is 0.317 e. The lowest BCUT2D eigenvalue weighted by molar-refractivity contribution is -0.162. The Morgan fingerprint density at radius 1 is 1.00 bits per heavy atom. The van der Waals surface area contributed by atoms with E-state index in [1.807, 2.05) is 24.3 Å². The molecule has 0 radical (unpaired) electrons. The number of hydrogen-bond donors (Lipinski definition) is 0. The standard InChI is InChI=1S/C34H44O4/c1-24(12-11-21-37-23-26-13-7-5-8-14-26)29-19-20-30(35)32(29)33(36)38-31-22-28(18-17-25(31)2)34(3,4)27-15-9-6-10-16-27/h5-10,13-16,25,28-29,31-32H,1,11-12,17-23H2,2-4H3/t25-,28-,29+,31+,32+/m1/s1. The van der Waals surface area contributed by atoms with E-state index in [-0.39, 0.29) is 29.2 Å². The molecule has 2 aromatic carbocycles. The van der Waals surface area contributed by atoms with Gasteiger partial charge in [0.25, 0.3) is 0 Å². The van der Waals surface area contributed by atoms with Crippen LogP contribution >= 0.6 is 0 Å². The van der Waals surface area contributed by atoms with E-state index in [0.29, 0.717) is 37.9 Å². The van der Waals surface area contributed by atoms with Crippen LogP contribution < -0.4 is 0 Å². The molecule has 0 amide bonds. The summed E-state index contributed by atoms with van der Waals surface area (Å²) in [6, 6.07) is 20.7. The van der Waals surface area contributed by atoms with Gasteiger partial charge in [0.1, 0.15) is 17.8 Å². The summed E-state index contributed by atoms with van der Waals surface area (Å²) in [5.74, 6) is -0.455. The Morgan fingerprint density at radius 2 is 1.68 bits per heavy atom. The van der Waals surface area contributed by atoms with Crippen molar-refractivity contribution in [2.75, 3.05) is 6.61 Å². The SMILES string of the molecule is C=C(CCCOCc1ccccc1)[C@@H]1CCC(=O)[C@H]1C(=O)O[C@H]1C[C@H](C(C)(C)c2ccccc2)CC[C@H]1C. The van der Waals surface area contributed by atoms with Gasteiger partial charge >= 0.3 is 5.97 Å². The molecule has 0 aliphatic heterocycles. The molecule has 0 N–H and O–H groups in total. The van der Waals surface area contributed by atoms with Gasteiger partial charge in [-0.05, 0) is 66.9 Å². The van der Waals surface area contributed by atoms with Gasteiger partial charge in [0.15, 0.2) is 0 Å². The molecule has 38 heavy (non-hydrogen) atoms. The molecule has 0 bridgehead atoms. The zero-order chi connectivity index (χ0) is 27.1. The summed E-state index contributed by atoms with van der Waals surface area (Å²) in [4.78, 5) is 26.3. The number of hydrogen-bond acceptors (Lipinski definition) is 4. The highest BCUT2D eigenvalue weighted by molar-refractivity contribution is 6.01. The van der Waals surface area contributed by atoms with Crippen LogP contribution in [0.15, 0.2) is 72.8 Å². The molecule has 0 unspecified atom stereocenters. The van der Waals surface area contributed by atoms with E-state index in [1.54, 1.807) is 0 Å². The highest BCUT2D eigenvalue weighted by Crippen LogP contribution is 2.44. The lowest BCUT2D eigenvalue weighted by Gasteiger charge is -2.42. The lowest BCUT2D eigenvalue weighted by atomic mass is 9.65. The van der Waals surface area contributed by atoms with Crippen molar-refractivity contribution in [3.63, 3.8) is 0 Å². The first-order valence-electron chi connectivity index (χ1n) is 14.4. The fourth-order valence-electron chi connectivity index (χ4n) is 6.36. The van der Waals surface area contributed by atoms with Crippen LogP contribution in [0.1, 0.15) is 76.8 Å². The van der Waals surface area contributed by atoms with E-state index < -0.39 is 5.92 Å². The number of Topliss-reactive ketones (excluding diaryl/α,β-unsaturated/α-hetero) is 1. The number of carbonyl (C=O) groups is 2. The quantitative estimate of drug-likeness (QED) is 0.135. The van der Waals surface area contributed by atoms with Crippen molar-refractivity contribution in [3.05, 3.63) is 83.9 Å². The van der Waals surface area contributed by atoms with E-state index in [0.717, 1.165) is 43.2 Å². The molecule has 4 rings (SSSR count). The molecule has 2 aliphatic carbocycles. The summed E-state index contributed by atoms with van der Waals surface area (Å²) in [5.41, 5.74) is 3.44. The Hall–Kier alpha value is -2.72. The second-order valence-electron chi connectivity index (χ2n) is 11.9. The summed E-state index contributed by atoms with van der Waals surface area (Å²) in [6.07, 6.45) is 5.52. The van der Waals surface area contributed by atoms with Crippen LogP contribution in [0.2, 0.25) is 0 Å². The predicted molar refractivity (Wildman–Crippen MR) is 152 cm³/mol.